The molecule has 1 spiro atoms. The molecule has 2 heterocycles. The number of nitrogens with zero attached hydrogens (tertiary/aromatic N) is 1. The van der Waals surface area contributed by atoms with Crippen molar-refractivity contribution < 1.29 is 8.42 Å². The Kier molecular flexibility index (Phi) is 2.10. The van der Waals surface area contributed by atoms with Crippen LogP contribution in [0.1, 0.15) is 12.8 Å². The van der Waals surface area contributed by atoms with Crippen molar-refractivity contribution in [2.24, 2.45) is 0 Å². The van der Waals surface area contributed by atoms with Crippen LogP contribution in [0.2, 0.25) is 0 Å². The summed E-state index contributed by atoms with van der Waals surface area (Å²) in [4.78, 5) is 2.17. The molecule has 0 bridgehead atoms. The van der Waals surface area contributed by atoms with Crippen LogP contribution in [0.25, 0.3) is 0 Å². The molecule has 2 fully saturated rings. The number of piperidine rings is 1. The summed E-state index contributed by atoms with van der Waals surface area (Å²) < 4.78 is 27.5. The molecule has 0 aromatic carbocycles. The Bertz CT molecular complexity index is 303. The van der Waals surface area contributed by atoms with Gasteiger partial charge < -0.3 is 4.90 Å². The highest BCUT2D eigenvalue weighted by atomic mass is 32.2. The maximum absolute atomic E-state index is 11.2. The molecule has 1 unspecified atom stereocenters. The van der Waals surface area contributed by atoms with Crippen LogP contribution < -0.4 is 9.44 Å². The molecule has 13 heavy (non-hydrogen) atoms. The predicted octanol–water partition coefficient (Wildman–Crippen LogP) is -1.11. The van der Waals surface area contributed by atoms with E-state index in [1.54, 1.807) is 0 Å². The molecular weight excluding hydrogens is 190 g/mol. The van der Waals surface area contributed by atoms with E-state index in [0.717, 1.165) is 25.9 Å². The molecule has 2 N–H and O–H groups in total. The van der Waals surface area contributed by atoms with E-state index in [0.29, 0.717) is 6.54 Å². The third kappa shape index (κ3) is 1.85. The van der Waals surface area contributed by atoms with Gasteiger partial charge in [-0.2, -0.15) is 13.1 Å². The third-order valence-corrected chi connectivity index (χ3v) is 3.95. The number of rotatable bonds is 0. The summed E-state index contributed by atoms with van der Waals surface area (Å²) in [6, 6.07) is 0. The van der Waals surface area contributed by atoms with Crippen LogP contribution in [0.4, 0.5) is 0 Å². The lowest BCUT2D eigenvalue weighted by Gasteiger charge is -2.36. The van der Waals surface area contributed by atoms with Gasteiger partial charge in [0.15, 0.2) is 0 Å². The van der Waals surface area contributed by atoms with E-state index in [-0.39, 0.29) is 5.54 Å². The first-order valence-corrected chi connectivity index (χ1v) is 5.97. The molecule has 2 aliphatic heterocycles. The monoisotopic (exact) mass is 205 g/mol. The minimum absolute atomic E-state index is 0.244. The Morgan fingerprint density at radius 3 is 2.77 bits per heavy atom. The van der Waals surface area contributed by atoms with E-state index in [9.17, 15) is 8.42 Å². The van der Waals surface area contributed by atoms with E-state index in [1.807, 2.05) is 7.05 Å². The lowest BCUT2D eigenvalue weighted by molar-refractivity contribution is 0.176. The number of likely N-dealkylation sites (tertiary alicyclic amines) is 1. The van der Waals surface area contributed by atoms with Crippen LogP contribution in [0.3, 0.4) is 0 Å². The van der Waals surface area contributed by atoms with Gasteiger partial charge in [0.1, 0.15) is 0 Å². The fourth-order valence-corrected chi connectivity index (χ4v) is 3.53. The predicted molar refractivity (Wildman–Crippen MR) is 49.5 cm³/mol. The van der Waals surface area contributed by atoms with E-state index in [2.05, 4.69) is 14.3 Å². The van der Waals surface area contributed by atoms with Gasteiger partial charge in [-0.05, 0) is 26.4 Å². The highest BCUT2D eigenvalue weighted by Gasteiger charge is 2.43. The van der Waals surface area contributed by atoms with Crippen LogP contribution in [-0.2, 0) is 10.2 Å². The maximum Gasteiger partial charge on any atom is 0.277 e. The quantitative estimate of drug-likeness (QED) is 0.527. The number of likely N-dealkylation sites (N-methyl/N-ethyl adjacent to an activating group) is 1. The average Bonchev–Trinajstić information content (AvgIpc) is 2.26. The van der Waals surface area contributed by atoms with E-state index >= 15 is 0 Å². The first kappa shape index (κ1) is 9.39. The minimum atomic E-state index is -3.20. The second-order valence-electron chi connectivity index (χ2n) is 4.05. The van der Waals surface area contributed by atoms with Gasteiger partial charge in [0.2, 0.25) is 0 Å². The van der Waals surface area contributed by atoms with Crippen molar-refractivity contribution >= 4 is 10.2 Å². The van der Waals surface area contributed by atoms with Gasteiger partial charge in [-0.15, -0.1) is 0 Å². The molecule has 0 aromatic rings. The highest BCUT2D eigenvalue weighted by Crippen LogP contribution is 2.23. The molecule has 0 aromatic heterocycles. The van der Waals surface area contributed by atoms with Crippen LogP contribution in [0.15, 0.2) is 0 Å². The third-order valence-electron chi connectivity index (χ3n) is 2.72. The van der Waals surface area contributed by atoms with Crippen LogP contribution >= 0.6 is 0 Å². The zero-order chi connectivity index (χ0) is 9.53. The van der Waals surface area contributed by atoms with Crippen molar-refractivity contribution in [3.05, 3.63) is 0 Å². The van der Waals surface area contributed by atoms with Crippen molar-refractivity contribution in [3.8, 4) is 0 Å². The fourth-order valence-electron chi connectivity index (χ4n) is 2.18. The molecule has 1 atom stereocenters. The Morgan fingerprint density at radius 1 is 1.46 bits per heavy atom. The second-order valence-corrected chi connectivity index (χ2v) is 5.55. The van der Waals surface area contributed by atoms with Gasteiger partial charge in [-0.25, -0.2) is 4.72 Å². The Labute approximate surface area is 78.7 Å². The lowest BCUT2D eigenvalue weighted by atomic mass is 9.91. The number of nitrogens with one attached hydrogen (secondary N) is 2. The van der Waals surface area contributed by atoms with E-state index < -0.39 is 10.2 Å². The largest absolute Gasteiger partial charge is 0.304 e. The molecule has 0 aliphatic carbocycles. The van der Waals surface area contributed by atoms with Crippen molar-refractivity contribution in [1.29, 1.82) is 0 Å². The first-order valence-electron chi connectivity index (χ1n) is 4.49. The summed E-state index contributed by atoms with van der Waals surface area (Å²) in [5, 5.41) is 0. The second kappa shape index (κ2) is 2.91. The van der Waals surface area contributed by atoms with Crippen molar-refractivity contribution in [1.82, 2.24) is 14.3 Å². The molecule has 76 valence electrons. The molecule has 2 saturated heterocycles. The minimum Gasteiger partial charge on any atom is -0.304 e. The molecule has 0 amide bonds. The molecular formula is C7H15N3O2S. The molecule has 5 nitrogen and oxygen atoms in total. The van der Waals surface area contributed by atoms with Gasteiger partial charge in [-0.3, -0.25) is 0 Å². The van der Waals surface area contributed by atoms with Crippen LogP contribution in [-0.4, -0.2) is 45.5 Å². The van der Waals surface area contributed by atoms with Crippen molar-refractivity contribution in [3.63, 3.8) is 0 Å². The van der Waals surface area contributed by atoms with Gasteiger partial charge >= 0.3 is 0 Å². The Balaban J connectivity index is 2.14. The highest BCUT2D eigenvalue weighted by molar-refractivity contribution is 7.87. The van der Waals surface area contributed by atoms with Crippen molar-refractivity contribution in [2.45, 2.75) is 18.4 Å². The van der Waals surface area contributed by atoms with Gasteiger partial charge in [0.05, 0.1) is 5.54 Å². The smallest absolute Gasteiger partial charge is 0.277 e. The van der Waals surface area contributed by atoms with E-state index in [4.69, 9.17) is 0 Å². The normalized spacial score (nSPS) is 39.8. The van der Waals surface area contributed by atoms with E-state index in [1.165, 1.54) is 0 Å². The van der Waals surface area contributed by atoms with Gasteiger partial charge in [-0.1, -0.05) is 0 Å². The SMILES string of the molecule is CN1CCCC2(CNS(=O)(=O)N2)C1. The molecule has 0 radical (unpaired) electrons. The van der Waals surface area contributed by atoms with Crippen molar-refractivity contribution in [2.75, 3.05) is 26.7 Å². The fraction of sp³-hybridized carbons (Fsp3) is 1.00. The lowest BCUT2D eigenvalue weighted by Crippen LogP contribution is -2.55. The molecule has 2 rings (SSSR count). The Hall–Kier alpha value is -0.170. The van der Waals surface area contributed by atoms with Gasteiger partial charge in [0, 0.05) is 13.1 Å². The van der Waals surface area contributed by atoms with Gasteiger partial charge in [0.25, 0.3) is 10.2 Å². The standard InChI is InChI=1S/C7H15N3O2S/c1-10-4-2-3-7(6-10)5-8-13(11,12)9-7/h8-9H,2-6H2,1H3. The first-order chi connectivity index (χ1) is 6.02. The molecule has 2 aliphatic rings. The summed E-state index contributed by atoms with van der Waals surface area (Å²) in [5.41, 5.74) is -0.244. The molecule has 6 heteroatoms. The summed E-state index contributed by atoms with van der Waals surface area (Å²) in [6.45, 7) is 2.39. The Morgan fingerprint density at radius 2 is 2.23 bits per heavy atom. The zero-order valence-corrected chi connectivity index (χ0v) is 8.52. The average molecular weight is 205 g/mol. The number of hydrogen-bond donors (Lipinski definition) is 2. The summed E-state index contributed by atoms with van der Waals surface area (Å²) >= 11 is 0. The summed E-state index contributed by atoms with van der Waals surface area (Å²) in [5.74, 6) is 0. The zero-order valence-electron chi connectivity index (χ0n) is 7.71. The van der Waals surface area contributed by atoms with Crippen LogP contribution in [0, 0.1) is 0 Å². The number of hydrogen-bond acceptors (Lipinski definition) is 3. The summed E-state index contributed by atoms with van der Waals surface area (Å²) in [6.07, 6.45) is 1.99. The maximum atomic E-state index is 11.2. The topological polar surface area (TPSA) is 61.4 Å². The molecule has 0 saturated carbocycles. The van der Waals surface area contributed by atoms with Crippen LogP contribution in [0.5, 0.6) is 0 Å². The summed E-state index contributed by atoms with van der Waals surface area (Å²) in [7, 11) is -1.18.